The van der Waals surface area contributed by atoms with Crippen LogP contribution in [0.1, 0.15) is 0 Å². The van der Waals surface area contributed by atoms with Crippen LogP contribution < -0.4 is 10.6 Å². The van der Waals surface area contributed by atoms with Crippen LogP contribution in [0.5, 0.6) is 0 Å². The van der Waals surface area contributed by atoms with Gasteiger partial charge in [-0.2, -0.15) is 0 Å². The monoisotopic (exact) mass is 316 g/mol. The number of pyridine rings is 2. The molecule has 110 valence electrons. The van der Waals surface area contributed by atoms with Gasteiger partial charge in [-0.1, -0.05) is 11.3 Å². The third-order valence-corrected chi connectivity index (χ3v) is 3.48. The summed E-state index contributed by atoms with van der Waals surface area (Å²) in [5.41, 5.74) is 0.541. The van der Waals surface area contributed by atoms with Crippen LogP contribution in [0.15, 0.2) is 36.7 Å². The average Bonchev–Trinajstić information content (AvgIpc) is 2.89. The number of hydrogen-bond acceptors (Lipinski definition) is 7. The van der Waals surface area contributed by atoms with E-state index in [0.29, 0.717) is 15.5 Å². The number of carbonyl (C=O) groups is 1. The molecule has 3 rings (SSSR count). The lowest BCUT2D eigenvalue weighted by atomic mass is 10.4. The minimum Gasteiger partial charge on any atom is -0.292 e. The number of aromatic nitrogens is 3. The number of carbonyl (C=O) groups excluding carboxylic acids is 1. The standard InChI is InChI=1S/C12H8N6O3S/c19-11(16-9-4-3-7(6-14-9)18(20)21)17-12-15-8-2-1-5-13-10(8)22-12/h1-6H,(H2,14,15,16,17,19). The van der Waals surface area contributed by atoms with Crippen LogP contribution in [0.4, 0.5) is 21.4 Å². The number of hydrogen-bond donors (Lipinski definition) is 2. The van der Waals surface area contributed by atoms with Gasteiger partial charge in [0.15, 0.2) is 5.13 Å². The molecule has 0 aromatic carbocycles. The van der Waals surface area contributed by atoms with Gasteiger partial charge in [-0.25, -0.2) is 19.7 Å². The van der Waals surface area contributed by atoms with Crippen molar-refractivity contribution < 1.29 is 9.72 Å². The largest absolute Gasteiger partial charge is 0.326 e. The Kier molecular flexibility index (Phi) is 3.58. The molecule has 0 radical (unpaired) electrons. The van der Waals surface area contributed by atoms with Gasteiger partial charge in [0.25, 0.3) is 5.69 Å². The maximum atomic E-state index is 11.8. The molecule has 0 saturated heterocycles. The summed E-state index contributed by atoms with van der Waals surface area (Å²) >= 11 is 1.24. The number of amides is 2. The summed E-state index contributed by atoms with van der Waals surface area (Å²) in [7, 11) is 0. The first-order chi connectivity index (χ1) is 10.6. The topological polar surface area (TPSA) is 123 Å². The first-order valence-electron chi connectivity index (χ1n) is 6.02. The lowest BCUT2D eigenvalue weighted by molar-refractivity contribution is -0.385. The fraction of sp³-hybridized carbons (Fsp3) is 0. The highest BCUT2D eigenvalue weighted by atomic mass is 32.1. The number of nitro groups is 1. The van der Waals surface area contributed by atoms with Crippen LogP contribution in [-0.4, -0.2) is 25.9 Å². The van der Waals surface area contributed by atoms with Crippen LogP contribution in [0.2, 0.25) is 0 Å². The molecule has 0 aliphatic rings. The molecule has 2 amide bonds. The van der Waals surface area contributed by atoms with Gasteiger partial charge in [-0.3, -0.25) is 20.7 Å². The predicted octanol–water partition coefficient (Wildman–Crippen LogP) is 2.64. The number of nitrogens with zero attached hydrogens (tertiary/aromatic N) is 4. The third-order valence-electron chi connectivity index (χ3n) is 2.59. The molecular weight excluding hydrogens is 308 g/mol. The van der Waals surface area contributed by atoms with Crippen molar-refractivity contribution >= 4 is 44.4 Å². The summed E-state index contributed by atoms with van der Waals surface area (Å²) in [6.45, 7) is 0. The molecule has 2 N–H and O–H groups in total. The van der Waals surface area contributed by atoms with Crippen molar-refractivity contribution in [2.24, 2.45) is 0 Å². The van der Waals surface area contributed by atoms with E-state index in [2.05, 4.69) is 25.6 Å². The molecule has 0 bridgehead atoms. The van der Waals surface area contributed by atoms with Crippen LogP contribution >= 0.6 is 11.3 Å². The van der Waals surface area contributed by atoms with Crippen molar-refractivity contribution in [3.8, 4) is 0 Å². The van der Waals surface area contributed by atoms with Gasteiger partial charge in [0.2, 0.25) is 0 Å². The van der Waals surface area contributed by atoms with Crippen molar-refractivity contribution in [1.29, 1.82) is 0 Å². The Hall–Kier alpha value is -3.14. The highest BCUT2D eigenvalue weighted by Gasteiger charge is 2.10. The minimum absolute atomic E-state index is 0.150. The minimum atomic E-state index is -0.565. The van der Waals surface area contributed by atoms with Gasteiger partial charge in [-0.15, -0.1) is 0 Å². The third kappa shape index (κ3) is 2.96. The summed E-state index contributed by atoms with van der Waals surface area (Å²) in [6, 6.07) is 5.61. The number of rotatable bonds is 3. The van der Waals surface area contributed by atoms with Crippen molar-refractivity contribution in [3.63, 3.8) is 0 Å². The molecule has 0 saturated carbocycles. The fourth-order valence-corrected chi connectivity index (χ4v) is 2.44. The summed E-state index contributed by atoms with van der Waals surface area (Å²) in [5, 5.41) is 15.9. The van der Waals surface area contributed by atoms with Gasteiger partial charge < -0.3 is 0 Å². The summed E-state index contributed by atoms with van der Waals surface area (Å²) in [4.78, 5) is 34.6. The highest BCUT2D eigenvalue weighted by molar-refractivity contribution is 7.21. The van der Waals surface area contributed by atoms with Crippen LogP contribution in [-0.2, 0) is 0 Å². The Bertz CT molecular complexity index is 814. The number of urea groups is 1. The highest BCUT2D eigenvalue weighted by Crippen LogP contribution is 2.23. The number of thiazole rings is 1. The second-order valence-corrected chi connectivity index (χ2v) is 5.06. The summed E-state index contributed by atoms with van der Waals surface area (Å²) < 4.78 is 0. The van der Waals surface area contributed by atoms with E-state index in [0.717, 1.165) is 6.20 Å². The molecule has 10 heteroatoms. The molecule has 0 aliphatic heterocycles. The molecule has 0 unspecified atom stereocenters. The molecule has 0 fully saturated rings. The van der Waals surface area contributed by atoms with Crippen LogP contribution in [0.3, 0.4) is 0 Å². The molecule has 0 atom stereocenters. The molecule has 3 heterocycles. The number of anilines is 2. The predicted molar refractivity (Wildman–Crippen MR) is 80.9 cm³/mol. The SMILES string of the molecule is O=C(Nc1ccc([N+](=O)[O-])cn1)Nc1nc2cccnc2s1. The first kappa shape index (κ1) is 13.8. The van der Waals surface area contributed by atoms with Gasteiger partial charge in [0.05, 0.1) is 4.92 Å². The molecule has 0 aliphatic carbocycles. The van der Waals surface area contributed by atoms with E-state index in [1.54, 1.807) is 18.3 Å². The fourth-order valence-electron chi connectivity index (χ4n) is 1.64. The van der Waals surface area contributed by atoms with E-state index in [1.807, 2.05) is 0 Å². The maximum Gasteiger partial charge on any atom is 0.326 e. The Morgan fingerprint density at radius 3 is 2.77 bits per heavy atom. The summed E-state index contributed by atoms with van der Waals surface area (Å²) in [6.07, 6.45) is 2.71. The zero-order valence-corrected chi connectivity index (χ0v) is 11.7. The quantitative estimate of drug-likeness (QED) is 0.565. The van der Waals surface area contributed by atoms with E-state index < -0.39 is 11.0 Å². The Morgan fingerprint density at radius 2 is 2.09 bits per heavy atom. The van der Waals surface area contributed by atoms with E-state index in [9.17, 15) is 14.9 Å². The van der Waals surface area contributed by atoms with Crippen molar-refractivity contribution in [2.75, 3.05) is 10.6 Å². The zero-order chi connectivity index (χ0) is 15.5. The van der Waals surface area contributed by atoms with E-state index in [4.69, 9.17) is 0 Å². The van der Waals surface area contributed by atoms with Gasteiger partial charge in [0.1, 0.15) is 22.4 Å². The lowest BCUT2D eigenvalue weighted by Gasteiger charge is -2.03. The second-order valence-electron chi connectivity index (χ2n) is 4.08. The zero-order valence-electron chi connectivity index (χ0n) is 10.9. The molecule has 3 aromatic heterocycles. The molecule has 3 aromatic rings. The molecule has 22 heavy (non-hydrogen) atoms. The number of nitrogens with one attached hydrogen (secondary N) is 2. The van der Waals surface area contributed by atoms with E-state index >= 15 is 0 Å². The average molecular weight is 316 g/mol. The maximum absolute atomic E-state index is 11.8. The van der Waals surface area contributed by atoms with Crippen molar-refractivity contribution in [2.45, 2.75) is 0 Å². The van der Waals surface area contributed by atoms with Crippen LogP contribution in [0, 0.1) is 10.1 Å². The normalized spacial score (nSPS) is 10.4. The Morgan fingerprint density at radius 1 is 1.23 bits per heavy atom. The number of fused-ring (bicyclic) bond motifs is 1. The Labute approximate surface area is 127 Å². The molecular formula is C12H8N6O3S. The van der Waals surface area contributed by atoms with Crippen LogP contribution in [0.25, 0.3) is 10.3 Å². The van der Waals surface area contributed by atoms with Gasteiger partial charge in [0, 0.05) is 12.3 Å². The van der Waals surface area contributed by atoms with Crippen molar-refractivity contribution in [3.05, 3.63) is 46.8 Å². The Balaban J connectivity index is 1.68. The smallest absolute Gasteiger partial charge is 0.292 e. The van der Waals surface area contributed by atoms with Gasteiger partial charge in [-0.05, 0) is 18.2 Å². The van der Waals surface area contributed by atoms with Crippen molar-refractivity contribution in [1.82, 2.24) is 15.0 Å². The summed E-state index contributed by atoms with van der Waals surface area (Å²) in [5.74, 6) is 0.197. The van der Waals surface area contributed by atoms with Gasteiger partial charge >= 0.3 is 6.03 Å². The molecule has 0 spiro atoms. The second kappa shape index (κ2) is 5.69. The lowest BCUT2D eigenvalue weighted by Crippen LogP contribution is -2.19. The van der Waals surface area contributed by atoms with E-state index in [-0.39, 0.29) is 11.5 Å². The first-order valence-corrected chi connectivity index (χ1v) is 6.83. The van der Waals surface area contributed by atoms with E-state index in [1.165, 1.54) is 23.5 Å². The molecule has 9 nitrogen and oxygen atoms in total.